The van der Waals surface area contributed by atoms with Crippen molar-refractivity contribution in [2.45, 2.75) is 65.0 Å². The van der Waals surface area contributed by atoms with Gasteiger partial charge in [-0.25, -0.2) is 9.50 Å². The van der Waals surface area contributed by atoms with Gasteiger partial charge in [0, 0.05) is 37.0 Å². The average Bonchev–Trinajstić information content (AvgIpc) is 3.20. The Bertz CT molecular complexity index is 813. The molecule has 0 radical (unpaired) electrons. The number of carbonyl (C=O) groups excluding carboxylic acids is 1. The van der Waals surface area contributed by atoms with E-state index in [1.165, 1.54) is 0 Å². The van der Waals surface area contributed by atoms with Gasteiger partial charge in [-0.2, -0.15) is 5.10 Å². The van der Waals surface area contributed by atoms with Gasteiger partial charge in [0.1, 0.15) is 0 Å². The summed E-state index contributed by atoms with van der Waals surface area (Å²) in [5, 5.41) is 4.52. The first kappa shape index (κ1) is 16.5. The Balaban J connectivity index is 1.51. The molecule has 2 aromatic rings. The van der Waals surface area contributed by atoms with Gasteiger partial charge in [0.15, 0.2) is 5.65 Å². The predicted octanol–water partition coefficient (Wildman–Crippen LogP) is 2.37. The van der Waals surface area contributed by atoms with E-state index >= 15 is 0 Å². The number of piperidine rings is 1. The van der Waals surface area contributed by atoms with Gasteiger partial charge in [0.25, 0.3) is 0 Å². The SMILES string of the molecule is Cc1cc2nc(C)c(CCC(=O)N3CCC[C@H]4OCC[C@H]43)c(C)n2n1. The second kappa shape index (κ2) is 6.41. The number of aryl methyl sites for hydroxylation is 3. The Hall–Kier alpha value is -1.95. The van der Waals surface area contributed by atoms with Gasteiger partial charge in [0.2, 0.25) is 5.91 Å². The molecule has 2 atom stereocenters. The lowest BCUT2D eigenvalue weighted by atomic mass is 9.97. The summed E-state index contributed by atoms with van der Waals surface area (Å²) in [5.41, 5.74) is 5.07. The first-order chi connectivity index (χ1) is 12.0. The quantitative estimate of drug-likeness (QED) is 0.859. The summed E-state index contributed by atoms with van der Waals surface area (Å²) in [6.07, 6.45) is 4.61. The topological polar surface area (TPSA) is 59.7 Å². The van der Waals surface area contributed by atoms with E-state index in [0.29, 0.717) is 12.8 Å². The van der Waals surface area contributed by atoms with Crippen molar-refractivity contribution >= 4 is 11.6 Å². The third-order valence-corrected chi connectivity index (χ3v) is 5.66. The molecule has 4 rings (SSSR count). The van der Waals surface area contributed by atoms with E-state index in [2.05, 4.69) is 21.9 Å². The number of amides is 1. The number of fused-ring (bicyclic) bond motifs is 2. The van der Waals surface area contributed by atoms with E-state index < -0.39 is 0 Å². The molecule has 0 N–H and O–H groups in total. The lowest BCUT2D eigenvalue weighted by Crippen LogP contribution is -2.48. The van der Waals surface area contributed by atoms with Crippen molar-refractivity contribution in [1.82, 2.24) is 19.5 Å². The van der Waals surface area contributed by atoms with E-state index in [1.807, 2.05) is 24.4 Å². The molecule has 2 aromatic heterocycles. The minimum Gasteiger partial charge on any atom is -0.376 e. The molecule has 4 heterocycles. The molecule has 0 bridgehead atoms. The van der Waals surface area contributed by atoms with Crippen LogP contribution in [0.25, 0.3) is 5.65 Å². The number of carbonyl (C=O) groups is 1. The van der Waals surface area contributed by atoms with Gasteiger partial charge in [-0.15, -0.1) is 0 Å². The molecule has 6 heteroatoms. The van der Waals surface area contributed by atoms with Crippen LogP contribution in [0.4, 0.5) is 0 Å². The molecule has 2 fully saturated rings. The third kappa shape index (κ3) is 2.92. The molecule has 6 nitrogen and oxygen atoms in total. The first-order valence-electron chi connectivity index (χ1n) is 9.28. The maximum absolute atomic E-state index is 12.8. The van der Waals surface area contributed by atoms with Crippen LogP contribution in [0.1, 0.15) is 48.3 Å². The van der Waals surface area contributed by atoms with Crippen LogP contribution in [0.5, 0.6) is 0 Å². The van der Waals surface area contributed by atoms with Crippen molar-refractivity contribution < 1.29 is 9.53 Å². The normalized spacial score (nSPS) is 23.2. The predicted molar refractivity (Wildman–Crippen MR) is 94.6 cm³/mol. The zero-order valence-corrected chi connectivity index (χ0v) is 15.3. The second-order valence-electron chi connectivity index (χ2n) is 7.31. The molecule has 2 aliphatic rings. The fourth-order valence-corrected chi connectivity index (χ4v) is 4.39. The highest BCUT2D eigenvalue weighted by molar-refractivity contribution is 5.77. The van der Waals surface area contributed by atoms with Crippen LogP contribution in [0, 0.1) is 20.8 Å². The number of ether oxygens (including phenoxy) is 1. The summed E-state index contributed by atoms with van der Waals surface area (Å²) in [5.74, 6) is 0.246. The number of hydrogen-bond donors (Lipinski definition) is 0. The monoisotopic (exact) mass is 342 g/mol. The molecule has 0 aliphatic carbocycles. The molecule has 0 spiro atoms. The van der Waals surface area contributed by atoms with E-state index in [9.17, 15) is 4.79 Å². The number of likely N-dealkylation sites (tertiary alicyclic amines) is 1. The molecule has 2 aliphatic heterocycles. The van der Waals surface area contributed by atoms with Gasteiger partial charge in [-0.3, -0.25) is 4.79 Å². The zero-order valence-electron chi connectivity index (χ0n) is 15.3. The lowest BCUT2D eigenvalue weighted by Gasteiger charge is -2.36. The Labute approximate surface area is 148 Å². The zero-order chi connectivity index (χ0) is 17.6. The minimum atomic E-state index is 0.246. The number of nitrogens with zero attached hydrogens (tertiary/aromatic N) is 4. The van der Waals surface area contributed by atoms with Crippen molar-refractivity contribution in [2.24, 2.45) is 0 Å². The molecule has 0 unspecified atom stereocenters. The standard InChI is InChI=1S/C19H26N4O2/c1-12-11-18-20-13(2)15(14(3)23(18)21-12)6-7-19(24)22-9-4-5-17-16(22)8-10-25-17/h11,16-17H,4-10H2,1-3H3/t16-,17-/m1/s1. The maximum Gasteiger partial charge on any atom is 0.223 e. The molecule has 0 saturated carbocycles. The van der Waals surface area contributed by atoms with E-state index in [0.717, 1.165) is 60.7 Å². The smallest absolute Gasteiger partial charge is 0.223 e. The highest BCUT2D eigenvalue weighted by atomic mass is 16.5. The molecule has 25 heavy (non-hydrogen) atoms. The molecular weight excluding hydrogens is 316 g/mol. The number of hydrogen-bond acceptors (Lipinski definition) is 4. The first-order valence-corrected chi connectivity index (χ1v) is 9.28. The molecule has 1 amide bonds. The van der Waals surface area contributed by atoms with Gasteiger partial charge in [-0.05, 0) is 52.0 Å². The van der Waals surface area contributed by atoms with Crippen LogP contribution in [-0.4, -0.2) is 50.7 Å². The lowest BCUT2D eigenvalue weighted by molar-refractivity contribution is -0.136. The summed E-state index contributed by atoms with van der Waals surface area (Å²) < 4.78 is 7.67. The molecule has 0 aromatic carbocycles. The van der Waals surface area contributed by atoms with Crippen LogP contribution in [0.2, 0.25) is 0 Å². The van der Waals surface area contributed by atoms with Gasteiger partial charge < -0.3 is 9.64 Å². The van der Waals surface area contributed by atoms with E-state index in [4.69, 9.17) is 4.74 Å². The summed E-state index contributed by atoms with van der Waals surface area (Å²) in [7, 11) is 0. The van der Waals surface area contributed by atoms with Crippen molar-refractivity contribution in [2.75, 3.05) is 13.2 Å². The van der Waals surface area contributed by atoms with Crippen molar-refractivity contribution in [3.8, 4) is 0 Å². The van der Waals surface area contributed by atoms with Crippen LogP contribution in [0.15, 0.2) is 6.07 Å². The minimum absolute atomic E-state index is 0.246. The van der Waals surface area contributed by atoms with E-state index in [-0.39, 0.29) is 18.1 Å². The van der Waals surface area contributed by atoms with Crippen LogP contribution in [0.3, 0.4) is 0 Å². The Morgan fingerprint density at radius 3 is 3.00 bits per heavy atom. The summed E-state index contributed by atoms with van der Waals surface area (Å²) in [6.45, 7) is 7.73. The fourth-order valence-electron chi connectivity index (χ4n) is 4.39. The highest BCUT2D eigenvalue weighted by Crippen LogP contribution is 2.29. The fraction of sp³-hybridized carbons (Fsp3) is 0.632. The van der Waals surface area contributed by atoms with Gasteiger partial charge in [0.05, 0.1) is 17.8 Å². The van der Waals surface area contributed by atoms with Crippen molar-refractivity contribution in [3.63, 3.8) is 0 Å². The summed E-state index contributed by atoms with van der Waals surface area (Å²) in [4.78, 5) is 19.6. The highest BCUT2D eigenvalue weighted by Gasteiger charge is 2.38. The Kier molecular flexibility index (Phi) is 4.23. The average molecular weight is 342 g/mol. The second-order valence-corrected chi connectivity index (χ2v) is 7.31. The largest absolute Gasteiger partial charge is 0.376 e. The Morgan fingerprint density at radius 1 is 1.32 bits per heavy atom. The van der Waals surface area contributed by atoms with E-state index in [1.54, 1.807) is 0 Å². The van der Waals surface area contributed by atoms with Crippen LogP contribution in [-0.2, 0) is 16.0 Å². The molecular formula is C19H26N4O2. The van der Waals surface area contributed by atoms with Crippen molar-refractivity contribution in [1.29, 1.82) is 0 Å². The molecule has 134 valence electrons. The third-order valence-electron chi connectivity index (χ3n) is 5.66. The maximum atomic E-state index is 12.8. The van der Waals surface area contributed by atoms with Crippen LogP contribution < -0.4 is 0 Å². The van der Waals surface area contributed by atoms with Crippen molar-refractivity contribution in [3.05, 3.63) is 28.7 Å². The summed E-state index contributed by atoms with van der Waals surface area (Å²) >= 11 is 0. The Morgan fingerprint density at radius 2 is 2.16 bits per heavy atom. The number of aromatic nitrogens is 3. The molecule has 2 saturated heterocycles. The summed E-state index contributed by atoms with van der Waals surface area (Å²) in [6, 6.07) is 2.28. The van der Waals surface area contributed by atoms with Gasteiger partial charge >= 0.3 is 0 Å². The van der Waals surface area contributed by atoms with Crippen LogP contribution >= 0.6 is 0 Å². The van der Waals surface area contributed by atoms with Gasteiger partial charge in [-0.1, -0.05) is 0 Å². The number of rotatable bonds is 3.